The molecule has 2 aromatic rings. The zero-order valence-electron chi connectivity index (χ0n) is 14.5. The summed E-state index contributed by atoms with van der Waals surface area (Å²) >= 11 is 6.23. The molecule has 2 aromatic carbocycles. The smallest absolute Gasteiger partial charge is 0.277 e. The summed E-state index contributed by atoms with van der Waals surface area (Å²) < 4.78 is 10.9. The molecule has 0 aromatic heterocycles. The first kappa shape index (κ1) is 18.0. The molecule has 0 fully saturated rings. The summed E-state index contributed by atoms with van der Waals surface area (Å²) in [6.45, 7) is 4.68. The maximum absolute atomic E-state index is 13.0. The van der Waals surface area contributed by atoms with Gasteiger partial charge in [0.25, 0.3) is 11.8 Å². The lowest BCUT2D eigenvalue weighted by atomic mass is 10.1. The van der Waals surface area contributed by atoms with Crippen LogP contribution >= 0.6 is 11.6 Å². The van der Waals surface area contributed by atoms with Crippen LogP contribution in [0.1, 0.15) is 19.4 Å². The molecule has 0 aliphatic carbocycles. The lowest BCUT2D eigenvalue weighted by Crippen LogP contribution is -2.31. The highest BCUT2D eigenvalue weighted by Crippen LogP contribution is 2.38. The molecule has 1 aliphatic heterocycles. The number of benzene rings is 2. The van der Waals surface area contributed by atoms with Crippen molar-refractivity contribution in [2.75, 3.05) is 18.1 Å². The Morgan fingerprint density at radius 2 is 1.54 bits per heavy atom. The third-order valence-electron chi connectivity index (χ3n) is 3.89. The van der Waals surface area contributed by atoms with Crippen LogP contribution in [0.4, 0.5) is 5.69 Å². The van der Waals surface area contributed by atoms with Gasteiger partial charge in [0.05, 0.1) is 24.5 Å². The molecule has 1 heterocycles. The average molecular weight is 372 g/mol. The SMILES string of the molecule is CCOc1ccc(C2=C(Cl)C(=O)N(c3ccccc3OCC)C2=O)cc1. The van der Waals surface area contributed by atoms with E-state index >= 15 is 0 Å². The molecule has 2 amide bonds. The summed E-state index contributed by atoms with van der Waals surface area (Å²) in [5.41, 5.74) is 1.11. The van der Waals surface area contributed by atoms with Crippen LogP contribution in [0.5, 0.6) is 11.5 Å². The van der Waals surface area contributed by atoms with Crippen molar-refractivity contribution >= 4 is 34.7 Å². The Balaban J connectivity index is 1.98. The molecule has 0 unspecified atom stereocenters. The van der Waals surface area contributed by atoms with Crippen molar-refractivity contribution in [2.24, 2.45) is 0 Å². The molecule has 0 saturated heterocycles. The minimum atomic E-state index is -0.562. The summed E-state index contributed by atoms with van der Waals surface area (Å²) in [5.74, 6) is 0.0985. The van der Waals surface area contributed by atoms with Gasteiger partial charge in [-0.15, -0.1) is 0 Å². The van der Waals surface area contributed by atoms with E-state index in [1.807, 2.05) is 13.8 Å². The van der Waals surface area contributed by atoms with Gasteiger partial charge in [-0.2, -0.15) is 0 Å². The number of hydrogen-bond donors (Lipinski definition) is 0. The summed E-state index contributed by atoms with van der Waals surface area (Å²) in [6.07, 6.45) is 0. The van der Waals surface area contributed by atoms with Crippen LogP contribution in [0.15, 0.2) is 53.6 Å². The number of imide groups is 1. The predicted molar refractivity (Wildman–Crippen MR) is 100 cm³/mol. The van der Waals surface area contributed by atoms with Gasteiger partial charge in [0.2, 0.25) is 0 Å². The van der Waals surface area contributed by atoms with E-state index < -0.39 is 11.8 Å². The molecule has 0 radical (unpaired) electrons. The molecule has 0 spiro atoms. The van der Waals surface area contributed by atoms with E-state index in [4.69, 9.17) is 21.1 Å². The third kappa shape index (κ3) is 3.18. The quantitative estimate of drug-likeness (QED) is 0.720. The van der Waals surface area contributed by atoms with E-state index in [1.54, 1.807) is 48.5 Å². The van der Waals surface area contributed by atoms with Gasteiger partial charge in [0.15, 0.2) is 0 Å². The Labute approximate surface area is 156 Å². The molecule has 26 heavy (non-hydrogen) atoms. The fourth-order valence-electron chi connectivity index (χ4n) is 2.78. The standard InChI is InChI=1S/C20H18ClNO4/c1-3-25-14-11-9-13(10-12-14)17-18(21)20(24)22(19(17)23)15-7-5-6-8-16(15)26-4-2/h5-12H,3-4H2,1-2H3. The number of halogens is 1. The number of amides is 2. The van der Waals surface area contributed by atoms with Crippen LogP contribution in [0, 0.1) is 0 Å². The van der Waals surface area contributed by atoms with Crippen molar-refractivity contribution in [3.05, 3.63) is 59.1 Å². The second kappa shape index (κ2) is 7.62. The summed E-state index contributed by atoms with van der Waals surface area (Å²) in [5, 5.41) is -0.106. The highest BCUT2D eigenvalue weighted by atomic mass is 35.5. The zero-order valence-corrected chi connectivity index (χ0v) is 15.2. The second-order valence-corrected chi connectivity index (χ2v) is 5.87. The molecule has 6 heteroatoms. The molecule has 3 rings (SSSR count). The summed E-state index contributed by atoms with van der Waals surface area (Å²) in [6, 6.07) is 13.8. The number of carbonyl (C=O) groups excluding carboxylic acids is 2. The van der Waals surface area contributed by atoms with Crippen molar-refractivity contribution in [3.63, 3.8) is 0 Å². The molecular formula is C20H18ClNO4. The van der Waals surface area contributed by atoms with E-state index in [0.717, 1.165) is 4.90 Å². The first-order valence-electron chi connectivity index (χ1n) is 8.32. The van der Waals surface area contributed by atoms with E-state index in [1.165, 1.54) is 0 Å². The van der Waals surface area contributed by atoms with E-state index in [-0.39, 0.29) is 10.6 Å². The first-order chi connectivity index (χ1) is 12.6. The van der Waals surface area contributed by atoms with Crippen molar-refractivity contribution in [3.8, 4) is 11.5 Å². The highest BCUT2D eigenvalue weighted by molar-refractivity contribution is 6.60. The molecular weight excluding hydrogens is 354 g/mol. The van der Waals surface area contributed by atoms with Crippen molar-refractivity contribution < 1.29 is 19.1 Å². The van der Waals surface area contributed by atoms with Crippen LogP contribution < -0.4 is 14.4 Å². The van der Waals surface area contributed by atoms with Crippen molar-refractivity contribution in [1.82, 2.24) is 0 Å². The van der Waals surface area contributed by atoms with Crippen LogP contribution in [0.25, 0.3) is 5.57 Å². The minimum absolute atomic E-state index is 0.106. The Hall–Kier alpha value is -2.79. The fourth-order valence-corrected chi connectivity index (χ4v) is 3.05. The topological polar surface area (TPSA) is 55.8 Å². The predicted octanol–water partition coefficient (Wildman–Crippen LogP) is 4.01. The number of ether oxygens (including phenoxy) is 2. The van der Waals surface area contributed by atoms with E-state index in [2.05, 4.69) is 0 Å². The largest absolute Gasteiger partial charge is 0.494 e. The highest BCUT2D eigenvalue weighted by Gasteiger charge is 2.40. The average Bonchev–Trinajstić information content (AvgIpc) is 2.86. The number of hydrogen-bond acceptors (Lipinski definition) is 4. The van der Waals surface area contributed by atoms with Gasteiger partial charge in [-0.25, -0.2) is 4.90 Å². The Morgan fingerprint density at radius 3 is 2.19 bits per heavy atom. The Bertz CT molecular complexity index is 874. The lowest BCUT2D eigenvalue weighted by molar-refractivity contribution is -0.119. The van der Waals surface area contributed by atoms with Crippen LogP contribution in [0.2, 0.25) is 0 Å². The minimum Gasteiger partial charge on any atom is -0.494 e. The number of rotatable bonds is 6. The Kier molecular flexibility index (Phi) is 5.28. The third-order valence-corrected chi connectivity index (χ3v) is 4.24. The van der Waals surface area contributed by atoms with Gasteiger partial charge >= 0.3 is 0 Å². The molecule has 0 N–H and O–H groups in total. The maximum Gasteiger partial charge on any atom is 0.277 e. The normalized spacial score (nSPS) is 14.2. The molecule has 0 bridgehead atoms. The summed E-state index contributed by atoms with van der Waals surface area (Å²) in [4.78, 5) is 26.7. The van der Waals surface area contributed by atoms with E-state index in [9.17, 15) is 9.59 Å². The van der Waals surface area contributed by atoms with Gasteiger partial charge in [0.1, 0.15) is 16.5 Å². The number of anilines is 1. The molecule has 1 aliphatic rings. The van der Waals surface area contributed by atoms with Gasteiger partial charge in [-0.05, 0) is 43.7 Å². The Morgan fingerprint density at radius 1 is 0.885 bits per heavy atom. The molecule has 0 saturated carbocycles. The summed E-state index contributed by atoms with van der Waals surface area (Å²) in [7, 11) is 0. The molecule has 5 nitrogen and oxygen atoms in total. The van der Waals surface area contributed by atoms with Gasteiger partial charge in [0, 0.05) is 0 Å². The number of para-hydroxylation sites is 2. The fraction of sp³-hybridized carbons (Fsp3) is 0.200. The van der Waals surface area contributed by atoms with Crippen LogP contribution in [0.3, 0.4) is 0 Å². The van der Waals surface area contributed by atoms with Crippen LogP contribution in [-0.2, 0) is 9.59 Å². The zero-order chi connectivity index (χ0) is 18.7. The van der Waals surface area contributed by atoms with Gasteiger partial charge in [-0.3, -0.25) is 9.59 Å². The van der Waals surface area contributed by atoms with Crippen LogP contribution in [-0.4, -0.2) is 25.0 Å². The van der Waals surface area contributed by atoms with Gasteiger partial charge in [-0.1, -0.05) is 35.9 Å². The molecule has 0 atom stereocenters. The number of carbonyl (C=O) groups is 2. The molecule has 134 valence electrons. The lowest BCUT2D eigenvalue weighted by Gasteiger charge is -2.18. The second-order valence-electron chi connectivity index (χ2n) is 5.49. The monoisotopic (exact) mass is 371 g/mol. The van der Waals surface area contributed by atoms with Crippen molar-refractivity contribution in [2.45, 2.75) is 13.8 Å². The number of nitrogens with zero attached hydrogens (tertiary/aromatic N) is 1. The first-order valence-corrected chi connectivity index (χ1v) is 8.69. The van der Waals surface area contributed by atoms with Gasteiger partial charge < -0.3 is 9.47 Å². The van der Waals surface area contributed by atoms with Crippen molar-refractivity contribution in [1.29, 1.82) is 0 Å². The maximum atomic E-state index is 13.0. The van der Waals surface area contributed by atoms with E-state index in [0.29, 0.717) is 36.0 Å².